The number of thiophene rings is 1. The normalized spacial score (nSPS) is 10.9. The van der Waals surface area contributed by atoms with E-state index in [1.807, 2.05) is 43.5 Å². The van der Waals surface area contributed by atoms with Crippen molar-refractivity contribution >= 4 is 28.2 Å². The number of pyridine rings is 1. The van der Waals surface area contributed by atoms with Crippen LogP contribution < -0.4 is 0 Å². The standard InChI is InChI=1S/C16H13NO2S/c1-9-3-4-13-11(7-9)12(16(18)19)8-14(17-13)15-10(2)5-6-20-15/h3-8H,1-2H3,(H,18,19). The van der Waals surface area contributed by atoms with Gasteiger partial charge in [0.15, 0.2) is 0 Å². The highest BCUT2D eigenvalue weighted by Gasteiger charge is 2.14. The Balaban J connectivity index is 2.34. The van der Waals surface area contributed by atoms with E-state index in [-0.39, 0.29) is 0 Å². The number of aromatic carboxylic acids is 1. The summed E-state index contributed by atoms with van der Waals surface area (Å²) in [5, 5.41) is 12.1. The van der Waals surface area contributed by atoms with Crippen molar-refractivity contribution in [3.05, 3.63) is 52.4 Å². The van der Waals surface area contributed by atoms with Gasteiger partial charge in [-0.3, -0.25) is 0 Å². The molecule has 0 unspecified atom stereocenters. The molecule has 0 saturated heterocycles. The third-order valence-electron chi connectivity index (χ3n) is 3.29. The van der Waals surface area contributed by atoms with Gasteiger partial charge >= 0.3 is 5.97 Å². The summed E-state index contributed by atoms with van der Waals surface area (Å²) < 4.78 is 0. The van der Waals surface area contributed by atoms with Crippen molar-refractivity contribution in [2.45, 2.75) is 13.8 Å². The van der Waals surface area contributed by atoms with E-state index in [1.165, 1.54) is 0 Å². The molecule has 0 aliphatic carbocycles. The van der Waals surface area contributed by atoms with E-state index >= 15 is 0 Å². The number of aromatic nitrogens is 1. The van der Waals surface area contributed by atoms with Gasteiger partial charge in [0, 0.05) is 5.39 Å². The quantitative estimate of drug-likeness (QED) is 0.763. The summed E-state index contributed by atoms with van der Waals surface area (Å²) in [6.07, 6.45) is 0. The van der Waals surface area contributed by atoms with E-state index in [9.17, 15) is 9.90 Å². The van der Waals surface area contributed by atoms with Crippen LogP contribution in [0.1, 0.15) is 21.5 Å². The van der Waals surface area contributed by atoms with Crippen LogP contribution in [0.25, 0.3) is 21.5 Å². The fourth-order valence-corrected chi connectivity index (χ4v) is 3.16. The molecule has 0 spiro atoms. The van der Waals surface area contributed by atoms with Crippen LogP contribution in [-0.4, -0.2) is 16.1 Å². The molecule has 1 aromatic carbocycles. The Kier molecular flexibility index (Phi) is 3.03. The largest absolute Gasteiger partial charge is 0.478 e. The second-order valence-electron chi connectivity index (χ2n) is 4.81. The lowest BCUT2D eigenvalue weighted by Gasteiger charge is -2.07. The van der Waals surface area contributed by atoms with E-state index in [0.29, 0.717) is 10.9 Å². The number of carboxylic acid groups (broad SMARTS) is 1. The van der Waals surface area contributed by atoms with Gasteiger partial charge in [-0.25, -0.2) is 9.78 Å². The van der Waals surface area contributed by atoms with Gasteiger partial charge in [0.25, 0.3) is 0 Å². The first-order valence-corrected chi connectivity index (χ1v) is 7.13. The zero-order chi connectivity index (χ0) is 14.3. The zero-order valence-corrected chi connectivity index (χ0v) is 12.0. The first-order valence-electron chi connectivity index (χ1n) is 6.25. The molecule has 3 rings (SSSR count). The molecule has 3 nitrogen and oxygen atoms in total. The zero-order valence-electron chi connectivity index (χ0n) is 11.2. The fraction of sp³-hybridized carbons (Fsp3) is 0.125. The predicted octanol–water partition coefficient (Wildman–Crippen LogP) is 4.28. The maximum atomic E-state index is 11.5. The number of aryl methyl sites for hydroxylation is 2. The third-order valence-corrected chi connectivity index (χ3v) is 4.33. The Labute approximate surface area is 120 Å². The van der Waals surface area contributed by atoms with Crippen LogP contribution in [0.3, 0.4) is 0 Å². The van der Waals surface area contributed by atoms with E-state index < -0.39 is 5.97 Å². The molecular formula is C16H13NO2S. The Morgan fingerprint density at radius 3 is 2.65 bits per heavy atom. The van der Waals surface area contributed by atoms with Crippen LogP contribution in [0.15, 0.2) is 35.7 Å². The highest BCUT2D eigenvalue weighted by Crippen LogP contribution is 2.31. The van der Waals surface area contributed by atoms with E-state index in [4.69, 9.17) is 0 Å². The summed E-state index contributed by atoms with van der Waals surface area (Å²) in [5.41, 5.74) is 3.90. The molecule has 4 heteroatoms. The highest BCUT2D eigenvalue weighted by molar-refractivity contribution is 7.13. The molecule has 20 heavy (non-hydrogen) atoms. The van der Waals surface area contributed by atoms with Crippen molar-refractivity contribution in [3.8, 4) is 10.6 Å². The van der Waals surface area contributed by atoms with Crippen LogP contribution in [-0.2, 0) is 0 Å². The first-order chi connectivity index (χ1) is 9.56. The van der Waals surface area contributed by atoms with Crippen LogP contribution in [0.2, 0.25) is 0 Å². The van der Waals surface area contributed by atoms with Crippen LogP contribution >= 0.6 is 11.3 Å². The monoisotopic (exact) mass is 283 g/mol. The summed E-state index contributed by atoms with van der Waals surface area (Å²) in [6, 6.07) is 9.39. The highest BCUT2D eigenvalue weighted by atomic mass is 32.1. The molecule has 2 aromatic heterocycles. The van der Waals surface area contributed by atoms with Crippen molar-refractivity contribution in [1.29, 1.82) is 0 Å². The Hall–Kier alpha value is -2.20. The molecule has 2 heterocycles. The van der Waals surface area contributed by atoms with Crippen molar-refractivity contribution in [3.63, 3.8) is 0 Å². The number of hydrogen-bond acceptors (Lipinski definition) is 3. The van der Waals surface area contributed by atoms with Crippen LogP contribution in [0, 0.1) is 13.8 Å². The average molecular weight is 283 g/mol. The van der Waals surface area contributed by atoms with Gasteiger partial charge in [-0.1, -0.05) is 11.6 Å². The van der Waals surface area contributed by atoms with Crippen molar-refractivity contribution < 1.29 is 9.90 Å². The number of hydrogen-bond donors (Lipinski definition) is 1. The molecule has 0 amide bonds. The molecule has 3 aromatic rings. The van der Waals surface area contributed by atoms with Crippen LogP contribution in [0.5, 0.6) is 0 Å². The predicted molar refractivity (Wildman–Crippen MR) is 81.5 cm³/mol. The van der Waals surface area contributed by atoms with Crippen molar-refractivity contribution in [2.75, 3.05) is 0 Å². The molecular weight excluding hydrogens is 270 g/mol. The SMILES string of the molecule is Cc1ccc2nc(-c3sccc3C)cc(C(=O)O)c2c1. The van der Waals surface area contributed by atoms with E-state index in [0.717, 1.165) is 27.2 Å². The van der Waals surface area contributed by atoms with E-state index in [1.54, 1.807) is 17.4 Å². The lowest BCUT2D eigenvalue weighted by Crippen LogP contribution is -2.00. The second-order valence-corrected chi connectivity index (χ2v) is 5.73. The molecule has 0 aliphatic heterocycles. The van der Waals surface area contributed by atoms with Gasteiger partial charge in [0.2, 0.25) is 0 Å². The molecule has 0 atom stereocenters. The van der Waals surface area contributed by atoms with Gasteiger partial charge in [-0.05, 0) is 49.1 Å². The first kappa shape index (κ1) is 12.8. The smallest absolute Gasteiger partial charge is 0.336 e. The van der Waals surface area contributed by atoms with E-state index in [2.05, 4.69) is 4.98 Å². The molecule has 0 saturated carbocycles. The Bertz CT molecular complexity index is 820. The summed E-state index contributed by atoms with van der Waals surface area (Å²) in [5.74, 6) is -0.918. The van der Waals surface area contributed by atoms with Gasteiger partial charge < -0.3 is 5.11 Å². The Morgan fingerprint density at radius 1 is 1.20 bits per heavy atom. The molecule has 0 bridgehead atoms. The van der Waals surface area contributed by atoms with Crippen molar-refractivity contribution in [2.24, 2.45) is 0 Å². The summed E-state index contributed by atoms with van der Waals surface area (Å²) >= 11 is 1.58. The maximum Gasteiger partial charge on any atom is 0.336 e. The number of nitrogens with zero attached hydrogens (tertiary/aromatic N) is 1. The maximum absolute atomic E-state index is 11.5. The minimum atomic E-state index is -0.918. The van der Waals surface area contributed by atoms with Crippen LogP contribution in [0.4, 0.5) is 0 Å². The topological polar surface area (TPSA) is 50.2 Å². The molecule has 100 valence electrons. The van der Waals surface area contributed by atoms with Gasteiger partial charge in [-0.15, -0.1) is 11.3 Å². The summed E-state index contributed by atoms with van der Waals surface area (Å²) in [7, 11) is 0. The minimum Gasteiger partial charge on any atom is -0.478 e. The van der Waals surface area contributed by atoms with Gasteiger partial charge in [0.05, 0.1) is 21.7 Å². The number of fused-ring (bicyclic) bond motifs is 1. The Morgan fingerprint density at radius 2 is 2.00 bits per heavy atom. The number of benzene rings is 1. The summed E-state index contributed by atoms with van der Waals surface area (Å²) in [6.45, 7) is 3.95. The average Bonchev–Trinajstić information content (AvgIpc) is 2.83. The minimum absolute atomic E-state index is 0.307. The van der Waals surface area contributed by atoms with Gasteiger partial charge in [0.1, 0.15) is 0 Å². The molecule has 0 aliphatic rings. The lowest BCUT2D eigenvalue weighted by atomic mass is 10.0. The molecule has 0 fully saturated rings. The lowest BCUT2D eigenvalue weighted by molar-refractivity contribution is 0.0699. The fourth-order valence-electron chi connectivity index (χ4n) is 2.27. The number of rotatable bonds is 2. The number of carbonyl (C=O) groups is 1. The summed E-state index contributed by atoms with van der Waals surface area (Å²) in [4.78, 5) is 17.1. The van der Waals surface area contributed by atoms with Crippen molar-refractivity contribution in [1.82, 2.24) is 4.98 Å². The second kappa shape index (κ2) is 4.72. The van der Waals surface area contributed by atoms with Gasteiger partial charge in [-0.2, -0.15) is 0 Å². The number of carboxylic acids is 1. The molecule has 1 N–H and O–H groups in total. The molecule has 0 radical (unpaired) electrons. The third kappa shape index (κ3) is 2.08.